The molecule has 0 radical (unpaired) electrons. The highest BCUT2D eigenvalue weighted by Gasteiger charge is 2.22. The molecule has 132 valence electrons. The van der Waals surface area contributed by atoms with E-state index in [9.17, 15) is 4.79 Å². The first kappa shape index (κ1) is 17.2. The SMILES string of the molecule is CC(C)(CNc1ccc(C(N)=O)cn1)c1cccc(NC2CNC2)c1. The Morgan fingerprint density at radius 3 is 2.72 bits per heavy atom. The molecule has 2 heterocycles. The molecule has 0 atom stereocenters. The van der Waals surface area contributed by atoms with Gasteiger partial charge in [0.15, 0.2) is 0 Å². The first-order valence-electron chi connectivity index (χ1n) is 8.51. The number of nitrogens with one attached hydrogen (secondary N) is 3. The lowest BCUT2D eigenvalue weighted by Crippen LogP contribution is -2.51. The van der Waals surface area contributed by atoms with Crippen molar-refractivity contribution in [1.82, 2.24) is 10.3 Å². The van der Waals surface area contributed by atoms with E-state index in [-0.39, 0.29) is 5.41 Å². The van der Waals surface area contributed by atoms with E-state index in [0.717, 1.165) is 31.1 Å². The van der Waals surface area contributed by atoms with Crippen LogP contribution in [0.2, 0.25) is 0 Å². The van der Waals surface area contributed by atoms with E-state index < -0.39 is 5.91 Å². The summed E-state index contributed by atoms with van der Waals surface area (Å²) in [6.07, 6.45) is 1.49. The number of benzene rings is 1. The van der Waals surface area contributed by atoms with Gasteiger partial charge in [-0.3, -0.25) is 4.79 Å². The van der Waals surface area contributed by atoms with Crippen molar-refractivity contribution in [3.8, 4) is 0 Å². The maximum atomic E-state index is 11.1. The molecule has 1 aromatic heterocycles. The molecule has 1 amide bonds. The van der Waals surface area contributed by atoms with Crippen molar-refractivity contribution in [1.29, 1.82) is 0 Å². The summed E-state index contributed by atoms with van der Waals surface area (Å²) in [7, 11) is 0. The molecule has 1 saturated heterocycles. The average Bonchev–Trinajstić information content (AvgIpc) is 2.57. The zero-order valence-corrected chi connectivity index (χ0v) is 14.7. The monoisotopic (exact) mass is 339 g/mol. The molecule has 1 aliphatic heterocycles. The van der Waals surface area contributed by atoms with Crippen molar-refractivity contribution >= 4 is 17.4 Å². The number of rotatable bonds is 7. The fraction of sp³-hybridized carbons (Fsp3) is 0.368. The van der Waals surface area contributed by atoms with Crippen LogP contribution in [0.5, 0.6) is 0 Å². The third kappa shape index (κ3) is 4.28. The number of nitrogens with zero attached hydrogens (tertiary/aromatic N) is 1. The van der Waals surface area contributed by atoms with Crippen molar-refractivity contribution in [3.05, 3.63) is 53.7 Å². The third-order valence-electron chi connectivity index (χ3n) is 4.56. The molecule has 1 aliphatic rings. The van der Waals surface area contributed by atoms with Gasteiger partial charge in [0, 0.05) is 36.9 Å². The smallest absolute Gasteiger partial charge is 0.250 e. The standard InChI is InChI=1S/C19H25N5O/c1-19(2,12-23-17-7-6-13(9-22-17)18(20)25)14-4-3-5-15(8-14)24-16-10-21-11-16/h3-9,16,21,24H,10-12H2,1-2H3,(H2,20,25)(H,22,23). The van der Waals surface area contributed by atoms with Crippen LogP contribution in [0.15, 0.2) is 42.6 Å². The van der Waals surface area contributed by atoms with Crippen LogP contribution in [0.25, 0.3) is 0 Å². The van der Waals surface area contributed by atoms with Gasteiger partial charge < -0.3 is 21.7 Å². The number of anilines is 2. The number of amides is 1. The number of pyridine rings is 1. The number of carbonyl (C=O) groups excluding carboxylic acids is 1. The molecular formula is C19H25N5O. The van der Waals surface area contributed by atoms with E-state index >= 15 is 0 Å². The van der Waals surface area contributed by atoms with Gasteiger partial charge in [-0.1, -0.05) is 26.0 Å². The first-order chi connectivity index (χ1) is 11.9. The zero-order chi connectivity index (χ0) is 17.9. The lowest BCUT2D eigenvalue weighted by atomic mass is 9.84. The maximum Gasteiger partial charge on any atom is 0.250 e. The van der Waals surface area contributed by atoms with E-state index in [4.69, 9.17) is 5.73 Å². The Balaban J connectivity index is 1.64. The Kier molecular flexibility index (Phi) is 4.90. The molecule has 1 aromatic carbocycles. The van der Waals surface area contributed by atoms with Crippen molar-refractivity contribution in [2.75, 3.05) is 30.3 Å². The largest absolute Gasteiger partial charge is 0.380 e. The minimum absolute atomic E-state index is 0.0698. The van der Waals surface area contributed by atoms with E-state index in [2.05, 4.69) is 59.0 Å². The Morgan fingerprint density at radius 2 is 2.12 bits per heavy atom. The number of aromatic nitrogens is 1. The second kappa shape index (κ2) is 7.11. The Bertz CT molecular complexity index is 738. The fourth-order valence-corrected chi connectivity index (χ4v) is 2.71. The molecule has 5 N–H and O–H groups in total. The molecule has 0 aliphatic carbocycles. The zero-order valence-electron chi connectivity index (χ0n) is 14.7. The summed E-state index contributed by atoms with van der Waals surface area (Å²) in [6, 6.07) is 12.5. The highest BCUT2D eigenvalue weighted by molar-refractivity contribution is 5.92. The molecule has 1 fully saturated rings. The molecule has 0 unspecified atom stereocenters. The Hall–Kier alpha value is -2.60. The summed E-state index contributed by atoms with van der Waals surface area (Å²) in [6.45, 7) is 7.15. The van der Waals surface area contributed by atoms with Crippen LogP contribution in [0.1, 0.15) is 29.8 Å². The molecule has 3 rings (SSSR count). The summed E-state index contributed by atoms with van der Waals surface area (Å²) in [5, 5.41) is 10.1. The van der Waals surface area contributed by atoms with Gasteiger partial charge in [-0.15, -0.1) is 0 Å². The average molecular weight is 339 g/mol. The van der Waals surface area contributed by atoms with Crippen LogP contribution in [0.4, 0.5) is 11.5 Å². The van der Waals surface area contributed by atoms with E-state index in [0.29, 0.717) is 11.6 Å². The summed E-state index contributed by atoms with van der Waals surface area (Å²) in [5.41, 5.74) is 7.99. The molecule has 0 saturated carbocycles. The lowest BCUT2D eigenvalue weighted by Gasteiger charge is -2.30. The quantitative estimate of drug-likeness (QED) is 0.619. The van der Waals surface area contributed by atoms with Gasteiger partial charge in [-0.25, -0.2) is 4.98 Å². The van der Waals surface area contributed by atoms with Crippen molar-refractivity contribution < 1.29 is 4.79 Å². The summed E-state index contributed by atoms with van der Waals surface area (Å²) in [4.78, 5) is 15.3. The molecule has 0 bridgehead atoms. The predicted octanol–water partition coefficient (Wildman–Crippen LogP) is 1.95. The van der Waals surface area contributed by atoms with Gasteiger partial charge in [-0.2, -0.15) is 0 Å². The molecule has 6 heteroatoms. The van der Waals surface area contributed by atoms with Crippen LogP contribution in [-0.4, -0.2) is 36.6 Å². The van der Waals surface area contributed by atoms with Crippen molar-refractivity contribution in [3.63, 3.8) is 0 Å². The summed E-state index contributed by atoms with van der Waals surface area (Å²) >= 11 is 0. The van der Waals surface area contributed by atoms with Gasteiger partial charge in [-0.05, 0) is 29.8 Å². The van der Waals surface area contributed by atoms with E-state index in [1.165, 1.54) is 11.8 Å². The highest BCUT2D eigenvalue weighted by atomic mass is 16.1. The molecular weight excluding hydrogens is 314 g/mol. The normalized spacial score (nSPS) is 14.6. The van der Waals surface area contributed by atoms with Gasteiger partial charge in [0.1, 0.15) is 5.82 Å². The summed E-state index contributed by atoms with van der Waals surface area (Å²) < 4.78 is 0. The minimum Gasteiger partial charge on any atom is -0.380 e. The minimum atomic E-state index is -0.467. The fourth-order valence-electron chi connectivity index (χ4n) is 2.71. The van der Waals surface area contributed by atoms with Crippen molar-refractivity contribution in [2.45, 2.75) is 25.3 Å². The number of carbonyl (C=O) groups is 1. The van der Waals surface area contributed by atoms with Gasteiger partial charge in [0.25, 0.3) is 0 Å². The highest BCUT2D eigenvalue weighted by Crippen LogP contribution is 2.26. The van der Waals surface area contributed by atoms with Gasteiger partial charge in [0.2, 0.25) is 5.91 Å². The lowest BCUT2D eigenvalue weighted by molar-refractivity contribution is 0.1000. The van der Waals surface area contributed by atoms with Crippen LogP contribution >= 0.6 is 0 Å². The van der Waals surface area contributed by atoms with E-state index in [1.54, 1.807) is 12.1 Å². The second-order valence-electron chi connectivity index (χ2n) is 7.11. The van der Waals surface area contributed by atoms with Crippen LogP contribution in [0, 0.1) is 0 Å². The predicted molar refractivity (Wildman–Crippen MR) is 101 cm³/mol. The third-order valence-corrected chi connectivity index (χ3v) is 4.56. The molecule has 0 spiro atoms. The van der Waals surface area contributed by atoms with Crippen LogP contribution in [0.3, 0.4) is 0 Å². The topological polar surface area (TPSA) is 92.1 Å². The van der Waals surface area contributed by atoms with Crippen LogP contribution < -0.4 is 21.7 Å². The van der Waals surface area contributed by atoms with Gasteiger partial charge in [0.05, 0.1) is 11.6 Å². The number of hydrogen-bond donors (Lipinski definition) is 4. The Morgan fingerprint density at radius 1 is 1.32 bits per heavy atom. The first-order valence-corrected chi connectivity index (χ1v) is 8.51. The van der Waals surface area contributed by atoms with Crippen LogP contribution in [-0.2, 0) is 5.41 Å². The molecule has 6 nitrogen and oxygen atoms in total. The summed E-state index contributed by atoms with van der Waals surface area (Å²) in [5.74, 6) is 0.262. The maximum absolute atomic E-state index is 11.1. The Labute approximate surface area is 148 Å². The molecule has 2 aromatic rings. The second-order valence-corrected chi connectivity index (χ2v) is 7.11. The number of primary amides is 1. The molecule has 25 heavy (non-hydrogen) atoms. The van der Waals surface area contributed by atoms with Crippen molar-refractivity contribution in [2.24, 2.45) is 5.73 Å². The number of hydrogen-bond acceptors (Lipinski definition) is 5. The number of nitrogens with two attached hydrogens (primary N) is 1. The van der Waals surface area contributed by atoms with E-state index in [1.807, 2.05) is 0 Å². The van der Waals surface area contributed by atoms with Gasteiger partial charge >= 0.3 is 0 Å².